The first kappa shape index (κ1) is 18.4. The zero-order valence-corrected chi connectivity index (χ0v) is 16.4. The molecule has 152 valence electrons. The molecule has 0 unspecified atom stereocenters. The summed E-state index contributed by atoms with van der Waals surface area (Å²) in [5.74, 6) is 1.64. The fraction of sp³-hybridized carbons (Fsp3) is 0.500. The molecule has 3 aliphatic heterocycles. The van der Waals surface area contributed by atoms with Gasteiger partial charge in [-0.2, -0.15) is 0 Å². The second-order valence-corrected chi connectivity index (χ2v) is 8.13. The average Bonchev–Trinajstić information content (AvgIpc) is 2.73. The molecule has 7 nitrogen and oxygen atoms in total. The Hall–Kier alpha value is -2.67. The van der Waals surface area contributed by atoms with E-state index in [0.717, 1.165) is 43.6 Å². The molecular formula is C22H25N3O4. The number of amides is 1. The summed E-state index contributed by atoms with van der Waals surface area (Å²) in [5.41, 5.74) is 1.97. The zero-order chi connectivity index (χ0) is 19.7. The molecule has 0 bridgehead atoms. The minimum Gasteiger partial charge on any atom is -0.493 e. The van der Waals surface area contributed by atoms with Crippen LogP contribution in [0.4, 0.5) is 0 Å². The summed E-state index contributed by atoms with van der Waals surface area (Å²) in [6, 6.07) is 6.11. The van der Waals surface area contributed by atoms with Crippen LogP contribution in [-0.2, 0) is 22.4 Å². The Morgan fingerprint density at radius 2 is 2.21 bits per heavy atom. The van der Waals surface area contributed by atoms with Gasteiger partial charge in [0, 0.05) is 25.2 Å². The topological polar surface area (TPSA) is 73.8 Å². The number of benzene rings is 1. The van der Waals surface area contributed by atoms with Crippen LogP contribution in [0.1, 0.15) is 30.4 Å². The summed E-state index contributed by atoms with van der Waals surface area (Å²) >= 11 is 0. The molecule has 0 radical (unpaired) electrons. The van der Waals surface area contributed by atoms with Crippen molar-refractivity contribution < 1.29 is 19.0 Å². The van der Waals surface area contributed by atoms with Crippen LogP contribution in [0.3, 0.4) is 0 Å². The lowest BCUT2D eigenvalue weighted by Gasteiger charge is -2.52. The molecule has 0 N–H and O–H groups in total. The van der Waals surface area contributed by atoms with Gasteiger partial charge in [-0.1, -0.05) is 12.1 Å². The highest BCUT2D eigenvalue weighted by molar-refractivity contribution is 5.80. The smallest absolute Gasteiger partial charge is 0.232 e. The second-order valence-electron chi connectivity index (χ2n) is 8.13. The van der Waals surface area contributed by atoms with E-state index < -0.39 is 0 Å². The van der Waals surface area contributed by atoms with E-state index in [9.17, 15) is 4.79 Å². The van der Waals surface area contributed by atoms with E-state index in [1.165, 1.54) is 5.56 Å². The number of hydrogen-bond donors (Lipinski definition) is 0. The lowest BCUT2D eigenvalue weighted by atomic mass is 9.84. The van der Waals surface area contributed by atoms with Crippen LogP contribution in [0, 0.1) is 0 Å². The van der Waals surface area contributed by atoms with E-state index in [2.05, 4.69) is 16.0 Å². The first-order valence-corrected chi connectivity index (χ1v) is 10.3. The molecule has 2 aromatic rings. The van der Waals surface area contributed by atoms with Crippen LogP contribution < -0.4 is 9.47 Å². The summed E-state index contributed by atoms with van der Waals surface area (Å²) in [4.78, 5) is 22.9. The van der Waals surface area contributed by atoms with E-state index in [1.54, 1.807) is 18.6 Å². The summed E-state index contributed by atoms with van der Waals surface area (Å²) in [6.45, 7) is 2.67. The van der Waals surface area contributed by atoms with Gasteiger partial charge in [0.15, 0.2) is 0 Å². The fourth-order valence-corrected chi connectivity index (χ4v) is 4.46. The van der Waals surface area contributed by atoms with Gasteiger partial charge < -0.3 is 19.1 Å². The summed E-state index contributed by atoms with van der Waals surface area (Å²) < 4.78 is 17.7. The Morgan fingerprint density at radius 1 is 1.28 bits per heavy atom. The van der Waals surface area contributed by atoms with Gasteiger partial charge in [0.25, 0.3) is 0 Å². The van der Waals surface area contributed by atoms with Gasteiger partial charge in [-0.25, -0.2) is 4.98 Å². The highest BCUT2D eigenvalue weighted by Gasteiger charge is 2.49. The Bertz CT molecular complexity index is 883. The molecule has 0 aliphatic carbocycles. The van der Waals surface area contributed by atoms with Crippen molar-refractivity contribution in [2.45, 2.75) is 43.8 Å². The molecule has 2 fully saturated rings. The number of nitrogens with zero attached hydrogens (tertiary/aromatic N) is 3. The van der Waals surface area contributed by atoms with Gasteiger partial charge in [0.2, 0.25) is 11.8 Å². The standard InChI is InChI=1S/C22H25N3O4/c26-21(11-16-3-4-19-17(10-16)2-1-8-27-19)25-14-22(15-25)12-18(5-9-28-22)29-20-13-23-6-7-24-20/h3-4,6-7,10,13,18H,1-2,5,8-9,11-12,14-15H2/t18-/m1/s1. The Morgan fingerprint density at radius 3 is 3.07 bits per heavy atom. The van der Waals surface area contributed by atoms with Crippen molar-refractivity contribution in [2.75, 3.05) is 26.3 Å². The molecule has 1 atom stereocenters. The number of ether oxygens (including phenoxy) is 3. The van der Waals surface area contributed by atoms with Crippen molar-refractivity contribution in [1.29, 1.82) is 0 Å². The van der Waals surface area contributed by atoms with Crippen molar-refractivity contribution in [3.8, 4) is 11.6 Å². The molecule has 29 heavy (non-hydrogen) atoms. The number of likely N-dealkylation sites (tertiary alicyclic amines) is 1. The van der Waals surface area contributed by atoms with Crippen LogP contribution in [0.15, 0.2) is 36.8 Å². The van der Waals surface area contributed by atoms with E-state index in [4.69, 9.17) is 14.2 Å². The maximum Gasteiger partial charge on any atom is 0.232 e. The van der Waals surface area contributed by atoms with Crippen molar-refractivity contribution in [3.05, 3.63) is 47.9 Å². The molecular weight excluding hydrogens is 370 g/mol. The van der Waals surface area contributed by atoms with Gasteiger partial charge >= 0.3 is 0 Å². The third kappa shape index (κ3) is 3.92. The highest BCUT2D eigenvalue weighted by atomic mass is 16.5. The number of rotatable bonds is 4. The minimum absolute atomic E-state index is 0.0401. The maximum atomic E-state index is 12.8. The third-order valence-electron chi connectivity index (χ3n) is 5.91. The third-order valence-corrected chi connectivity index (χ3v) is 5.91. The monoisotopic (exact) mass is 395 g/mol. The van der Waals surface area contributed by atoms with E-state index in [1.807, 2.05) is 17.0 Å². The van der Waals surface area contributed by atoms with E-state index >= 15 is 0 Å². The van der Waals surface area contributed by atoms with Crippen LogP contribution in [0.2, 0.25) is 0 Å². The molecule has 3 aliphatic rings. The number of carbonyl (C=O) groups is 1. The largest absolute Gasteiger partial charge is 0.493 e. The molecule has 1 spiro atoms. The summed E-state index contributed by atoms with van der Waals surface area (Å²) in [7, 11) is 0. The highest BCUT2D eigenvalue weighted by Crippen LogP contribution is 2.36. The lowest BCUT2D eigenvalue weighted by molar-refractivity contribution is -0.193. The molecule has 4 heterocycles. The van der Waals surface area contributed by atoms with Gasteiger partial charge in [-0.05, 0) is 30.0 Å². The van der Waals surface area contributed by atoms with Crippen LogP contribution in [0.5, 0.6) is 11.6 Å². The lowest BCUT2D eigenvalue weighted by Crippen LogP contribution is -2.67. The molecule has 5 rings (SSSR count). The number of aromatic nitrogens is 2. The Balaban J connectivity index is 1.16. The maximum absolute atomic E-state index is 12.8. The number of hydrogen-bond acceptors (Lipinski definition) is 6. The number of aryl methyl sites for hydroxylation is 1. The predicted octanol–water partition coefficient (Wildman–Crippen LogP) is 2.18. The average molecular weight is 395 g/mol. The van der Waals surface area contributed by atoms with Gasteiger partial charge in [-0.15, -0.1) is 0 Å². The van der Waals surface area contributed by atoms with Gasteiger partial charge in [-0.3, -0.25) is 9.78 Å². The summed E-state index contributed by atoms with van der Waals surface area (Å²) in [5, 5.41) is 0. The van der Waals surface area contributed by atoms with Crippen molar-refractivity contribution in [1.82, 2.24) is 14.9 Å². The minimum atomic E-state index is -0.287. The Labute approximate surface area is 170 Å². The quantitative estimate of drug-likeness (QED) is 0.790. The van der Waals surface area contributed by atoms with Crippen molar-refractivity contribution in [3.63, 3.8) is 0 Å². The van der Waals surface area contributed by atoms with Crippen LogP contribution in [-0.4, -0.2) is 58.8 Å². The van der Waals surface area contributed by atoms with Crippen LogP contribution in [0.25, 0.3) is 0 Å². The normalized spacial score (nSPS) is 22.3. The number of fused-ring (bicyclic) bond motifs is 1. The van der Waals surface area contributed by atoms with Crippen molar-refractivity contribution in [2.24, 2.45) is 0 Å². The first-order chi connectivity index (χ1) is 14.2. The molecule has 7 heteroatoms. The van der Waals surface area contributed by atoms with E-state index in [0.29, 0.717) is 32.0 Å². The van der Waals surface area contributed by atoms with Gasteiger partial charge in [0.05, 0.1) is 38.9 Å². The predicted molar refractivity (Wildman–Crippen MR) is 105 cm³/mol. The second kappa shape index (κ2) is 7.63. The van der Waals surface area contributed by atoms with Gasteiger partial charge in [0.1, 0.15) is 17.5 Å². The Kier molecular flexibility index (Phi) is 4.83. The molecule has 0 saturated carbocycles. The molecule has 2 saturated heterocycles. The number of carbonyl (C=O) groups excluding carboxylic acids is 1. The van der Waals surface area contributed by atoms with Crippen molar-refractivity contribution >= 4 is 5.91 Å². The zero-order valence-electron chi connectivity index (χ0n) is 16.4. The molecule has 1 aromatic heterocycles. The van der Waals surface area contributed by atoms with E-state index in [-0.39, 0.29) is 17.6 Å². The fourth-order valence-electron chi connectivity index (χ4n) is 4.46. The SMILES string of the molecule is O=C(Cc1ccc2c(c1)CCCO2)N1CC2(C[C@H](Oc3cnccn3)CCO2)C1. The molecule has 1 aromatic carbocycles. The molecule has 1 amide bonds. The van der Waals surface area contributed by atoms with Crippen LogP contribution >= 0.6 is 0 Å². The first-order valence-electron chi connectivity index (χ1n) is 10.3. The summed E-state index contributed by atoms with van der Waals surface area (Å²) in [6.07, 6.45) is 8.99.